The van der Waals surface area contributed by atoms with Gasteiger partial charge in [0.2, 0.25) is 0 Å². The van der Waals surface area contributed by atoms with Crippen LogP contribution in [0.2, 0.25) is 0 Å². The van der Waals surface area contributed by atoms with Gasteiger partial charge in [0, 0.05) is 18.0 Å². The number of thiazole rings is 1. The zero-order valence-electron chi connectivity index (χ0n) is 17.6. The molecule has 0 saturated carbocycles. The molecule has 0 saturated heterocycles. The SMILES string of the molecule is O=C(Nc1sc(=Nc2ccccc2)n(Cc2cccnc2)c1-c1ccccc1)c1ccco1. The van der Waals surface area contributed by atoms with Gasteiger partial charge in [-0.05, 0) is 35.9 Å². The number of nitrogens with one attached hydrogen (secondary N) is 1. The van der Waals surface area contributed by atoms with E-state index in [0.29, 0.717) is 11.5 Å². The summed E-state index contributed by atoms with van der Waals surface area (Å²) in [7, 11) is 0. The van der Waals surface area contributed by atoms with Crippen molar-refractivity contribution in [2.75, 3.05) is 5.32 Å². The van der Waals surface area contributed by atoms with E-state index in [4.69, 9.17) is 9.41 Å². The first-order valence-electron chi connectivity index (χ1n) is 10.4. The Kier molecular flexibility index (Phi) is 5.95. The summed E-state index contributed by atoms with van der Waals surface area (Å²) in [5, 5.41) is 3.73. The molecule has 0 atom stereocenters. The molecule has 3 aromatic heterocycles. The van der Waals surface area contributed by atoms with Gasteiger partial charge in [0.15, 0.2) is 10.6 Å². The number of para-hydroxylation sites is 1. The molecule has 0 fully saturated rings. The van der Waals surface area contributed by atoms with Crippen LogP contribution >= 0.6 is 11.3 Å². The number of rotatable bonds is 6. The molecule has 0 unspecified atom stereocenters. The van der Waals surface area contributed by atoms with Gasteiger partial charge in [0.25, 0.3) is 5.91 Å². The molecule has 6 nitrogen and oxygen atoms in total. The van der Waals surface area contributed by atoms with E-state index in [1.807, 2.05) is 79.0 Å². The van der Waals surface area contributed by atoms with E-state index in [2.05, 4.69) is 14.9 Å². The predicted molar refractivity (Wildman–Crippen MR) is 129 cm³/mol. The third kappa shape index (κ3) is 4.68. The molecule has 1 amide bonds. The zero-order chi connectivity index (χ0) is 22.5. The fourth-order valence-corrected chi connectivity index (χ4v) is 4.54. The van der Waals surface area contributed by atoms with E-state index in [9.17, 15) is 4.79 Å². The van der Waals surface area contributed by atoms with Crippen LogP contribution in [0.4, 0.5) is 10.7 Å². The number of amides is 1. The summed E-state index contributed by atoms with van der Waals surface area (Å²) in [6.45, 7) is 0.552. The van der Waals surface area contributed by atoms with Crippen molar-refractivity contribution in [3.63, 3.8) is 0 Å². The lowest BCUT2D eigenvalue weighted by molar-refractivity contribution is 0.0997. The molecule has 0 bridgehead atoms. The first-order valence-corrected chi connectivity index (χ1v) is 11.2. The highest BCUT2D eigenvalue weighted by Gasteiger charge is 2.20. The van der Waals surface area contributed by atoms with Crippen LogP contribution in [0.25, 0.3) is 11.3 Å². The van der Waals surface area contributed by atoms with Gasteiger partial charge in [-0.1, -0.05) is 65.9 Å². The maximum Gasteiger partial charge on any atom is 0.292 e. The van der Waals surface area contributed by atoms with Crippen LogP contribution in [0.1, 0.15) is 16.1 Å². The van der Waals surface area contributed by atoms with E-state index in [1.54, 1.807) is 18.3 Å². The van der Waals surface area contributed by atoms with Crippen LogP contribution in [0, 0.1) is 0 Å². The summed E-state index contributed by atoms with van der Waals surface area (Å²) in [6.07, 6.45) is 5.08. The van der Waals surface area contributed by atoms with Crippen molar-refractivity contribution in [2.24, 2.45) is 4.99 Å². The molecular weight excluding hydrogens is 432 g/mol. The fraction of sp³-hybridized carbons (Fsp3) is 0.0385. The smallest absolute Gasteiger partial charge is 0.292 e. The van der Waals surface area contributed by atoms with Crippen molar-refractivity contribution in [3.05, 3.63) is 120 Å². The Morgan fingerprint density at radius 1 is 0.970 bits per heavy atom. The zero-order valence-corrected chi connectivity index (χ0v) is 18.4. The Labute approximate surface area is 194 Å². The lowest BCUT2D eigenvalue weighted by atomic mass is 10.1. The quantitative estimate of drug-likeness (QED) is 0.357. The average molecular weight is 453 g/mol. The highest BCUT2D eigenvalue weighted by Crippen LogP contribution is 2.32. The number of hydrogen-bond donors (Lipinski definition) is 1. The van der Waals surface area contributed by atoms with Crippen molar-refractivity contribution >= 4 is 27.9 Å². The molecular formula is C26H20N4O2S. The van der Waals surface area contributed by atoms with E-state index in [-0.39, 0.29) is 11.7 Å². The van der Waals surface area contributed by atoms with Gasteiger partial charge in [-0.25, -0.2) is 4.99 Å². The fourth-order valence-electron chi connectivity index (χ4n) is 3.47. The van der Waals surface area contributed by atoms with Crippen molar-refractivity contribution in [3.8, 4) is 11.3 Å². The van der Waals surface area contributed by atoms with Crippen molar-refractivity contribution in [1.82, 2.24) is 9.55 Å². The highest BCUT2D eigenvalue weighted by molar-refractivity contribution is 7.14. The molecule has 162 valence electrons. The maximum atomic E-state index is 12.8. The first-order chi connectivity index (χ1) is 16.3. The Morgan fingerprint density at radius 2 is 1.76 bits per heavy atom. The number of nitrogens with zero attached hydrogens (tertiary/aromatic N) is 3. The normalized spacial score (nSPS) is 11.5. The summed E-state index contributed by atoms with van der Waals surface area (Å²) in [4.78, 5) is 22.8. The lowest BCUT2D eigenvalue weighted by Gasteiger charge is -2.11. The van der Waals surface area contributed by atoms with Crippen LogP contribution < -0.4 is 10.1 Å². The summed E-state index contributed by atoms with van der Waals surface area (Å²) < 4.78 is 7.41. The van der Waals surface area contributed by atoms with Crippen LogP contribution in [0.5, 0.6) is 0 Å². The minimum absolute atomic E-state index is 0.253. The van der Waals surface area contributed by atoms with Crippen molar-refractivity contribution < 1.29 is 9.21 Å². The Balaban J connectivity index is 1.70. The minimum Gasteiger partial charge on any atom is -0.459 e. The van der Waals surface area contributed by atoms with Gasteiger partial charge >= 0.3 is 0 Å². The van der Waals surface area contributed by atoms with E-state index in [1.165, 1.54) is 17.6 Å². The highest BCUT2D eigenvalue weighted by atomic mass is 32.1. The van der Waals surface area contributed by atoms with Crippen LogP contribution in [-0.2, 0) is 6.54 Å². The third-order valence-electron chi connectivity index (χ3n) is 4.97. The van der Waals surface area contributed by atoms with Crippen LogP contribution in [0.3, 0.4) is 0 Å². The molecule has 33 heavy (non-hydrogen) atoms. The molecule has 1 N–H and O–H groups in total. The number of aromatic nitrogens is 2. The summed E-state index contributed by atoms with van der Waals surface area (Å²) in [5.41, 5.74) is 3.72. The van der Waals surface area contributed by atoms with Crippen LogP contribution in [0.15, 0.2) is 113 Å². The molecule has 3 heterocycles. The molecule has 5 rings (SSSR count). The third-order valence-corrected chi connectivity index (χ3v) is 5.97. The number of anilines is 1. The summed E-state index contributed by atoms with van der Waals surface area (Å²) in [6, 6.07) is 27.0. The summed E-state index contributed by atoms with van der Waals surface area (Å²) >= 11 is 1.42. The summed E-state index contributed by atoms with van der Waals surface area (Å²) in [5.74, 6) is -0.0546. The molecule has 2 aromatic carbocycles. The van der Waals surface area contributed by atoms with E-state index >= 15 is 0 Å². The van der Waals surface area contributed by atoms with Crippen molar-refractivity contribution in [1.29, 1.82) is 0 Å². The number of furan rings is 1. The van der Waals surface area contributed by atoms with Gasteiger partial charge in [-0.2, -0.15) is 0 Å². The Bertz CT molecular complexity index is 1410. The first kappa shape index (κ1) is 20.7. The van der Waals surface area contributed by atoms with Crippen LogP contribution in [-0.4, -0.2) is 15.5 Å². The number of pyridine rings is 1. The average Bonchev–Trinajstić information content (AvgIpc) is 3.50. The maximum absolute atomic E-state index is 12.8. The number of carbonyl (C=O) groups is 1. The number of benzene rings is 2. The molecule has 5 aromatic rings. The molecule has 7 heteroatoms. The van der Waals surface area contributed by atoms with Crippen molar-refractivity contribution in [2.45, 2.75) is 6.54 Å². The second kappa shape index (κ2) is 9.50. The predicted octanol–water partition coefficient (Wildman–Crippen LogP) is 5.74. The molecule has 0 aliphatic carbocycles. The monoisotopic (exact) mass is 452 g/mol. The molecule has 0 radical (unpaired) electrons. The number of hydrogen-bond acceptors (Lipinski definition) is 5. The van der Waals surface area contributed by atoms with Gasteiger partial charge < -0.3 is 14.3 Å². The van der Waals surface area contributed by atoms with Gasteiger partial charge in [0.05, 0.1) is 24.2 Å². The van der Waals surface area contributed by atoms with E-state index < -0.39 is 0 Å². The molecule has 0 aliphatic heterocycles. The molecule has 0 spiro atoms. The number of carbonyl (C=O) groups excluding carboxylic acids is 1. The van der Waals surface area contributed by atoms with Gasteiger partial charge in [-0.3, -0.25) is 9.78 Å². The second-order valence-corrected chi connectivity index (χ2v) is 8.23. The Hall–Kier alpha value is -4.23. The van der Waals surface area contributed by atoms with Gasteiger partial charge in [0.1, 0.15) is 5.00 Å². The van der Waals surface area contributed by atoms with Gasteiger partial charge in [-0.15, -0.1) is 0 Å². The lowest BCUT2D eigenvalue weighted by Crippen LogP contribution is -2.17. The molecule has 0 aliphatic rings. The largest absolute Gasteiger partial charge is 0.459 e. The Morgan fingerprint density at radius 3 is 2.45 bits per heavy atom. The topological polar surface area (TPSA) is 72.4 Å². The second-order valence-electron chi connectivity index (χ2n) is 7.25. The standard InChI is InChI=1S/C26H20N4O2S/c31-24(22-14-8-16-32-22)29-25-23(20-10-3-1-4-11-20)30(18-19-9-7-15-27-17-19)26(33-25)28-21-12-5-2-6-13-21/h1-17H,18H2,(H,29,31). The van der Waals surface area contributed by atoms with E-state index in [0.717, 1.165) is 27.3 Å². The minimum atomic E-state index is -0.307.